The summed E-state index contributed by atoms with van der Waals surface area (Å²) in [6.07, 6.45) is 31.4. The van der Waals surface area contributed by atoms with E-state index in [2.05, 4.69) is 38.2 Å². The number of carbonyl (C=O) groups is 2. The molecule has 0 spiro atoms. The maximum absolute atomic E-state index is 10.5. The van der Waals surface area contributed by atoms with Crippen molar-refractivity contribution in [2.75, 3.05) is 13.2 Å². The van der Waals surface area contributed by atoms with E-state index in [4.69, 9.17) is 9.47 Å². The summed E-state index contributed by atoms with van der Waals surface area (Å²) in [6.45, 7) is 8.51. The predicted octanol–water partition coefficient (Wildman–Crippen LogP) is 9.27. The van der Waals surface area contributed by atoms with Crippen LogP contribution in [0.4, 0.5) is 0 Å². The molecule has 0 radical (unpaired) electrons. The Balaban J connectivity index is 0. The van der Waals surface area contributed by atoms with Gasteiger partial charge in [0.15, 0.2) is 0 Å². The summed E-state index contributed by atoms with van der Waals surface area (Å²) in [7, 11) is 0. The van der Waals surface area contributed by atoms with Crippen LogP contribution in [0.3, 0.4) is 0 Å². The fourth-order valence-electron chi connectivity index (χ4n) is 3.42. The second-order valence-electron chi connectivity index (χ2n) is 8.99. The minimum Gasteiger partial charge on any atom is -0.466 e. The summed E-state index contributed by atoms with van der Waals surface area (Å²) in [5.41, 5.74) is 0. The molecule has 0 heterocycles. The molecule has 0 bridgehead atoms. The lowest BCUT2D eigenvalue weighted by atomic mass is 10.1. The molecule has 200 valence electrons. The van der Waals surface area contributed by atoms with Gasteiger partial charge in [0.1, 0.15) is 0 Å². The number of esters is 2. The lowest BCUT2D eigenvalue weighted by Gasteiger charge is -2.02. The van der Waals surface area contributed by atoms with Crippen molar-refractivity contribution in [3.63, 3.8) is 0 Å². The first-order chi connectivity index (χ1) is 16.5. The molecule has 4 nitrogen and oxygen atoms in total. The molecule has 0 N–H and O–H groups in total. The van der Waals surface area contributed by atoms with Crippen LogP contribution in [-0.2, 0) is 19.1 Å². The van der Waals surface area contributed by atoms with Gasteiger partial charge in [0.05, 0.1) is 13.2 Å². The number of hydrogen-bond donors (Lipinski definition) is 0. The van der Waals surface area contributed by atoms with Crippen LogP contribution in [0, 0.1) is 0 Å². The highest BCUT2D eigenvalue weighted by Crippen LogP contribution is 2.09. The van der Waals surface area contributed by atoms with Crippen LogP contribution in [0.25, 0.3) is 0 Å². The zero-order chi connectivity index (χ0) is 25.5. The summed E-state index contributed by atoms with van der Waals surface area (Å²) in [6, 6.07) is 0. The van der Waals surface area contributed by atoms with E-state index in [0.29, 0.717) is 13.2 Å². The van der Waals surface area contributed by atoms with E-state index in [-0.39, 0.29) is 11.9 Å². The van der Waals surface area contributed by atoms with Gasteiger partial charge in [0.25, 0.3) is 0 Å². The fraction of sp³-hybridized carbons (Fsp3) is 0.800. The van der Waals surface area contributed by atoms with Gasteiger partial charge in [0.2, 0.25) is 0 Å². The third kappa shape index (κ3) is 37.7. The molecular weight excluding hydrogens is 424 g/mol. The maximum Gasteiger partial charge on any atom is 0.302 e. The Labute approximate surface area is 211 Å². The van der Waals surface area contributed by atoms with Crippen molar-refractivity contribution in [1.82, 2.24) is 0 Å². The summed E-state index contributed by atoms with van der Waals surface area (Å²) in [5.74, 6) is -0.326. The lowest BCUT2D eigenvalue weighted by Crippen LogP contribution is -1.99. The van der Waals surface area contributed by atoms with Crippen LogP contribution < -0.4 is 0 Å². The Morgan fingerprint density at radius 2 is 0.853 bits per heavy atom. The highest BCUT2D eigenvalue weighted by atomic mass is 16.5. The van der Waals surface area contributed by atoms with Crippen LogP contribution in [-0.4, -0.2) is 25.2 Å². The van der Waals surface area contributed by atoms with Gasteiger partial charge in [-0.1, -0.05) is 102 Å². The minimum absolute atomic E-state index is 0.162. The molecule has 0 saturated carbocycles. The molecular formula is C30H56O4. The van der Waals surface area contributed by atoms with E-state index in [0.717, 1.165) is 19.3 Å². The molecule has 0 aromatic rings. The van der Waals surface area contributed by atoms with Crippen LogP contribution in [0.5, 0.6) is 0 Å². The molecule has 0 atom stereocenters. The number of unbranched alkanes of at least 4 members (excludes halogenated alkanes) is 14. The minimum atomic E-state index is -0.164. The molecule has 0 aliphatic heterocycles. The smallest absolute Gasteiger partial charge is 0.302 e. The first-order valence-electron chi connectivity index (χ1n) is 14.1. The van der Waals surface area contributed by atoms with Gasteiger partial charge in [0, 0.05) is 13.8 Å². The molecule has 0 rings (SSSR count). The summed E-state index contributed by atoms with van der Waals surface area (Å²) in [5, 5.41) is 0. The predicted molar refractivity (Wildman–Crippen MR) is 146 cm³/mol. The van der Waals surface area contributed by atoms with E-state index in [9.17, 15) is 9.59 Å². The first kappa shape index (κ1) is 34.6. The molecule has 0 aromatic carbocycles. The number of rotatable bonds is 22. The van der Waals surface area contributed by atoms with E-state index in [1.165, 1.54) is 110 Å². The van der Waals surface area contributed by atoms with Gasteiger partial charge < -0.3 is 9.47 Å². The van der Waals surface area contributed by atoms with Crippen LogP contribution in [0.2, 0.25) is 0 Å². The van der Waals surface area contributed by atoms with Gasteiger partial charge >= 0.3 is 11.9 Å². The largest absolute Gasteiger partial charge is 0.466 e. The third-order valence-electron chi connectivity index (χ3n) is 5.43. The summed E-state index contributed by atoms with van der Waals surface area (Å²) < 4.78 is 9.75. The molecule has 0 amide bonds. The SMILES string of the molecule is CC/C=C\CCCCCCCCOC(C)=O.CCCC/C=C\CCCCCCCCOC(C)=O. The number of hydrogen-bond acceptors (Lipinski definition) is 4. The van der Waals surface area contributed by atoms with E-state index >= 15 is 0 Å². The third-order valence-corrected chi connectivity index (χ3v) is 5.43. The Morgan fingerprint density at radius 3 is 1.24 bits per heavy atom. The van der Waals surface area contributed by atoms with Crippen LogP contribution >= 0.6 is 0 Å². The first-order valence-corrected chi connectivity index (χ1v) is 14.1. The molecule has 0 aliphatic carbocycles. The number of ether oxygens (including phenoxy) is 2. The fourth-order valence-corrected chi connectivity index (χ4v) is 3.42. The standard InChI is InChI=1S/C16H30O2.C14H26O2/c1-3-4-5-6-7-8-9-10-11-12-13-14-15-18-16(2)17;1-3-4-5-6-7-8-9-10-11-12-13-16-14(2)15/h6-7H,3-5,8-15H2,1-2H3;4-5H,3,6-13H2,1-2H3/b7-6-;5-4-. The van der Waals surface area contributed by atoms with Crippen molar-refractivity contribution in [3.05, 3.63) is 24.3 Å². The Morgan fingerprint density at radius 1 is 0.500 bits per heavy atom. The monoisotopic (exact) mass is 480 g/mol. The second kappa shape index (κ2) is 31.4. The van der Waals surface area contributed by atoms with E-state index < -0.39 is 0 Å². The van der Waals surface area contributed by atoms with Gasteiger partial charge in [-0.25, -0.2) is 0 Å². The van der Waals surface area contributed by atoms with Crippen molar-refractivity contribution in [2.24, 2.45) is 0 Å². The maximum atomic E-state index is 10.5. The van der Waals surface area contributed by atoms with Crippen LogP contribution in [0.15, 0.2) is 24.3 Å². The molecule has 0 saturated heterocycles. The zero-order valence-corrected chi connectivity index (χ0v) is 23.1. The quantitative estimate of drug-likeness (QED) is 0.0880. The Hall–Kier alpha value is -1.58. The molecule has 0 unspecified atom stereocenters. The van der Waals surface area contributed by atoms with Gasteiger partial charge in [-0.3, -0.25) is 9.59 Å². The Kier molecular flexibility index (Phi) is 32.0. The highest BCUT2D eigenvalue weighted by molar-refractivity contribution is 5.66. The molecule has 4 heteroatoms. The molecule has 0 aromatic heterocycles. The molecule has 0 fully saturated rings. The van der Waals surface area contributed by atoms with Gasteiger partial charge in [-0.05, 0) is 51.4 Å². The topological polar surface area (TPSA) is 52.6 Å². The Bertz CT molecular complexity index is 482. The lowest BCUT2D eigenvalue weighted by molar-refractivity contribution is -0.142. The average molecular weight is 481 g/mol. The molecule has 0 aliphatic rings. The van der Waals surface area contributed by atoms with Crippen molar-refractivity contribution in [3.8, 4) is 0 Å². The van der Waals surface area contributed by atoms with Gasteiger partial charge in [-0.15, -0.1) is 0 Å². The molecule has 34 heavy (non-hydrogen) atoms. The normalized spacial score (nSPS) is 10.9. The summed E-state index contributed by atoms with van der Waals surface area (Å²) >= 11 is 0. The number of carbonyl (C=O) groups excluding carboxylic acids is 2. The van der Waals surface area contributed by atoms with Crippen molar-refractivity contribution in [2.45, 2.75) is 143 Å². The van der Waals surface area contributed by atoms with E-state index in [1.54, 1.807) is 0 Å². The number of allylic oxidation sites excluding steroid dienone is 4. The highest BCUT2D eigenvalue weighted by Gasteiger charge is 1.95. The second-order valence-corrected chi connectivity index (χ2v) is 8.99. The van der Waals surface area contributed by atoms with E-state index in [1.807, 2.05) is 0 Å². The van der Waals surface area contributed by atoms with Gasteiger partial charge in [-0.2, -0.15) is 0 Å². The zero-order valence-electron chi connectivity index (χ0n) is 23.1. The van der Waals surface area contributed by atoms with Crippen molar-refractivity contribution in [1.29, 1.82) is 0 Å². The average Bonchev–Trinajstić information content (AvgIpc) is 2.80. The van der Waals surface area contributed by atoms with Crippen molar-refractivity contribution >= 4 is 11.9 Å². The summed E-state index contributed by atoms with van der Waals surface area (Å²) in [4.78, 5) is 21.0. The van der Waals surface area contributed by atoms with Crippen LogP contribution in [0.1, 0.15) is 143 Å². The van der Waals surface area contributed by atoms with Crippen molar-refractivity contribution < 1.29 is 19.1 Å².